The number of nitrogens with zero attached hydrogens (tertiary/aromatic N) is 3. The van der Waals surface area contributed by atoms with Crippen LogP contribution in [-0.4, -0.2) is 58.8 Å². The summed E-state index contributed by atoms with van der Waals surface area (Å²) in [5, 5.41) is 0. The molecule has 3 rings (SSSR count). The first kappa shape index (κ1) is 18.4. The number of hydrogen-bond acceptors (Lipinski definition) is 3. The van der Waals surface area contributed by atoms with Gasteiger partial charge in [-0.25, -0.2) is 0 Å². The minimum atomic E-state index is 0.0698. The van der Waals surface area contributed by atoms with Gasteiger partial charge in [-0.2, -0.15) is 0 Å². The Labute approximate surface area is 155 Å². The summed E-state index contributed by atoms with van der Waals surface area (Å²) >= 11 is 0. The van der Waals surface area contributed by atoms with Crippen molar-refractivity contribution in [3.8, 4) is 5.69 Å². The SMILES string of the molecule is CC(=O)c1cc(C)n(-c2ccc(C(=O)N3CCN(C)C(C)C3)cc2)c1C. The number of aryl methyl sites for hydroxylation is 1. The molecule has 1 aliphatic rings. The minimum absolute atomic E-state index is 0.0698. The van der Waals surface area contributed by atoms with Gasteiger partial charge in [-0.3, -0.25) is 9.59 Å². The summed E-state index contributed by atoms with van der Waals surface area (Å²) in [6, 6.07) is 9.97. The highest BCUT2D eigenvalue weighted by molar-refractivity contribution is 5.96. The molecule has 0 N–H and O–H groups in total. The van der Waals surface area contributed by atoms with Gasteiger partial charge in [0.05, 0.1) is 0 Å². The molecule has 0 spiro atoms. The van der Waals surface area contributed by atoms with Crippen molar-refractivity contribution in [3.05, 3.63) is 52.8 Å². The molecule has 2 aromatic rings. The molecule has 1 aromatic carbocycles. The van der Waals surface area contributed by atoms with Crippen LogP contribution in [-0.2, 0) is 0 Å². The van der Waals surface area contributed by atoms with Gasteiger partial charge in [0.1, 0.15) is 0 Å². The second-order valence-electron chi connectivity index (χ2n) is 7.30. The number of carbonyl (C=O) groups excluding carboxylic acids is 2. The van der Waals surface area contributed by atoms with E-state index in [9.17, 15) is 9.59 Å². The molecule has 5 heteroatoms. The third-order valence-electron chi connectivity index (χ3n) is 5.43. The molecule has 1 amide bonds. The fourth-order valence-electron chi connectivity index (χ4n) is 3.69. The predicted molar refractivity (Wildman–Crippen MR) is 103 cm³/mol. The molecule has 0 bridgehead atoms. The van der Waals surface area contributed by atoms with Crippen molar-refractivity contribution in [2.75, 3.05) is 26.7 Å². The highest BCUT2D eigenvalue weighted by atomic mass is 16.2. The van der Waals surface area contributed by atoms with E-state index in [1.807, 2.05) is 49.1 Å². The lowest BCUT2D eigenvalue weighted by Gasteiger charge is -2.37. The number of likely N-dealkylation sites (N-methyl/N-ethyl adjacent to an activating group) is 1. The predicted octanol–water partition coefficient (Wildman–Crippen LogP) is 3.07. The lowest BCUT2D eigenvalue weighted by atomic mass is 10.1. The molecule has 1 aliphatic heterocycles. The van der Waals surface area contributed by atoms with Crippen LogP contribution in [0.15, 0.2) is 30.3 Å². The molecule has 5 nitrogen and oxygen atoms in total. The van der Waals surface area contributed by atoms with E-state index in [4.69, 9.17) is 0 Å². The second kappa shape index (κ2) is 7.08. The second-order valence-corrected chi connectivity index (χ2v) is 7.30. The van der Waals surface area contributed by atoms with Crippen molar-refractivity contribution in [1.82, 2.24) is 14.4 Å². The van der Waals surface area contributed by atoms with E-state index < -0.39 is 0 Å². The van der Waals surface area contributed by atoms with E-state index in [0.717, 1.165) is 42.3 Å². The van der Waals surface area contributed by atoms with E-state index in [1.54, 1.807) is 6.92 Å². The first-order valence-electron chi connectivity index (χ1n) is 9.09. The van der Waals surface area contributed by atoms with Gasteiger partial charge < -0.3 is 14.4 Å². The molecule has 1 unspecified atom stereocenters. The molecule has 1 aromatic heterocycles. The summed E-state index contributed by atoms with van der Waals surface area (Å²) in [7, 11) is 2.10. The molecule has 1 fully saturated rings. The summed E-state index contributed by atoms with van der Waals surface area (Å²) in [4.78, 5) is 28.8. The van der Waals surface area contributed by atoms with E-state index >= 15 is 0 Å². The highest BCUT2D eigenvalue weighted by Crippen LogP contribution is 2.22. The Kier molecular flexibility index (Phi) is 5.01. The van der Waals surface area contributed by atoms with Crippen LogP contribution in [0.25, 0.3) is 5.69 Å². The zero-order valence-corrected chi connectivity index (χ0v) is 16.2. The first-order chi connectivity index (χ1) is 12.3. The molecule has 2 heterocycles. The molecule has 1 saturated heterocycles. The first-order valence-corrected chi connectivity index (χ1v) is 9.09. The van der Waals surface area contributed by atoms with Crippen molar-refractivity contribution in [2.24, 2.45) is 0 Å². The van der Waals surface area contributed by atoms with Gasteiger partial charge in [-0.05, 0) is 65.1 Å². The fraction of sp³-hybridized carbons (Fsp3) is 0.429. The van der Waals surface area contributed by atoms with Gasteiger partial charge in [0, 0.05) is 53.9 Å². The molecule has 1 atom stereocenters. The van der Waals surface area contributed by atoms with Crippen LogP contribution in [0.5, 0.6) is 0 Å². The number of ketones is 1. The van der Waals surface area contributed by atoms with Crippen LogP contribution in [0.4, 0.5) is 0 Å². The minimum Gasteiger partial charge on any atom is -0.336 e. The number of Topliss-reactive ketones (excluding diaryl/α,β-unsaturated/α-hetero) is 1. The van der Waals surface area contributed by atoms with Gasteiger partial charge >= 0.3 is 0 Å². The maximum absolute atomic E-state index is 12.8. The van der Waals surface area contributed by atoms with Crippen molar-refractivity contribution >= 4 is 11.7 Å². The molecule has 138 valence electrons. The van der Waals surface area contributed by atoms with Crippen molar-refractivity contribution in [3.63, 3.8) is 0 Å². The topological polar surface area (TPSA) is 45.6 Å². The van der Waals surface area contributed by atoms with Crippen LogP contribution in [0.3, 0.4) is 0 Å². The van der Waals surface area contributed by atoms with Gasteiger partial charge in [0.2, 0.25) is 0 Å². The van der Waals surface area contributed by atoms with E-state index in [2.05, 4.69) is 23.4 Å². The highest BCUT2D eigenvalue weighted by Gasteiger charge is 2.25. The Bertz CT molecular complexity index is 836. The summed E-state index contributed by atoms with van der Waals surface area (Å²) in [6.45, 7) is 10.1. The molecule has 0 aliphatic carbocycles. The van der Waals surface area contributed by atoms with Crippen molar-refractivity contribution < 1.29 is 9.59 Å². The van der Waals surface area contributed by atoms with Gasteiger partial charge in [-0.15, -0.1) is 0 Å². The van der Waals surface area contributed by atoms with Crippen LogP contribution >= 0.6 is 0 Å². The number of piperazine rings is 1. The molecular formula is C21H27N3O2. The Morgan fingerprint density at radius 2 is 1.73 bits per heavy atom. The van der Waals surface area contributed by atoms with Gasteiger partial charge in [0.25, 0.3) is 5.91 Å². The molecule has 26 heavy (non-hydrogen) atoms. The van der Waals surface area contributed by atoms with Crippen LogP contribution in [0.2, 0.25) is 0 Å². The molecular weight excluding hydrogens is 326 g/mol. The Hall–Kier alpha value is -2.40. The smallest absolute Gasteiger partial charge is 0.253 e. The largest absolute Gasteiger partial charge is 0.336 e. The summed E-state index contributed by atoms with van der Waals surface area (Å²) in [5.41, 5.74) is 4.37. The Balaban J connectivity index is 1.83. The molecule has 0 radical (unpaired) electrons. The fourth-order valence-corrected chi connectivity index (χ4v) is 3.69. The monoisotopic (exact) mass is 353 g/mol. The van der Waals surface area contributed by atoms with E-state index in [0.29, 0.717) is 11.6 Å². The average Bonchev–Trinajstić information content (AvgIpc) is 2.91. The maximum atomic E-state index is 12.8. The van der Waals surface area contributed by atoms with E-state index in [-0.39, 0.29) is 11.7 Å². The zero-order chi connectivity index (χ0) is 19.0. The van der Waals surface area contributed by atoms with E-state index in [1.165, 1.54) is 0 Å². The number of hydrogen-bond donors (Lipinski definition) is 0. The van der Waals surface area contributed by atoms with Crippen LogP contribution in [0, 0.1) is 13.8 Å². The maximum Gasteiger partial charge on any atom is 0.253 e. The quantitative estimate of drug-likeness (QED) is 0.797. The third kappa shape index (κ3) is 3.31. The average molecular weight is 353 g/mol. The normalized spacial score (nSPS) is 18.2. The van der Waals surface area contributed by atoms with Gasteiger partial charge in [-0.1, -0.05) is 0 Å². The van der Waals surface area contributed by atoms with Crippen molar-refractivity contribution in [1.29, 1.82) is 0 Å². The number of carbonyl (C=O) groups is 2. The van der Waals surface area contributed by atoms with Crippen LogP contribution < -0.4 is 0 Å². The lowest BCUT2D eigenvalue weighted by molar-refractivity contribution is 0.0572. The van der Waals surface area contributed by atoms with Crippen LogP contribution in [0.1, 0.15) is 46.0 Å². The Morgan fingerprint density at radius 3 is 2.27 bits per heavy atom. The lowest BCUT2D eigenvalue weighted by Crippen LogP contribution is -2.52. The molecule has 0 saturated carbocycles. The summed E-state index contributed by atoms with van der Waals surface area (Å²) in [6.07, 6.45) is 0. The summed E-state index contributed by atoms with van der Waals surface area (Å²) in [5.74, 6) is 0.155. The number of benzene rings is 1. The van der Waals surface area contributed by atoms with Gasteiger partial charge in [0.15, 0.2) is 5.78 Å². The Morgan fingerprint density at radius 1 is 1.08 bits per heavy atom. The standard InChI is InChI=1S/C21H27N3O2/c1-14-12-20(17(4)25)16(3)24(14)19-8-6-18(7-9-19)21(26)23-11-10-22(5)15(2)13-23/h6-9,12,15H,10-11,13H2,1-5H3. The summed E-state index contributed by atoms with van der Waals surface area (Å²) < 4.78 is 2.06. The van der Waals surface area contributed by atoms with Crippen molar-refractivity contribution in [2.45, 2.75) is 33.7 Å². The third-order valence-corrected chi connectivity index (χ3v) is 5.43. The number of rotatable bonds is 3. The number of amides is 1. The zero-order valence-electron chi connectivity index (χ0n) is 16.2. The number of aromatic nitrogens is 1.